The summed E-state index contributed by atoms with van der Waals surface area (Å²) in [5.41, 5.74) is 2.53. The predicted molar refractivity (Wildman–Crippen MR) is 119 cm³/mol. The van der Waals surface area contributed by atoms with E-state index in [9.17, 15) is 0 Å². The highest BCUT2D eigenvalue weighted by Gasteiger charge is 2.41. The molecule has 2 aliphatic rings. The van der Waals surface area contributed by atoms with E-state index in [4.69, 9.17) is 4.74 Å². The molecule has 0 aliphatic carbocycles. The molecule has 0 spiro atoms. The number of aryl methyl sites for hydroxylation is 1. The number of nitrogens with one attached hydrogen (secondary N) is 1. The van der Waals surface area contributed by atoms with Crippen LogP contribution in [0.15, 0.2) is 40.7 Å². The lowest BCUT2D eigenvalue weighted by Gasteiger charge is -2.36. The minimum absolute atomic E-state index is 0.247. The van der Waals surface area contributed by atoms with Crippen LogP contribution < -0.4 is 5.32 Å². The van der Waals surface area contributed by atoms with Crippen LogP contribution in [0.1, 0.15) is 23.2 Å². The fourth-order valence-electron chi connectivity index (χ4n) is 4.21. The zero-order chi connectivity index (χ0) is 20.1. The molecule has 2 fully saturated rings. The third-order valence-corrected chi connectivity index (χ3v) is 6.76. The second kappa shape index (κ2) is 9.69. The number of rotatable bonds is 6. The molecule has 2 saturated heterocycles. The van der Waals surface area contributed by atoms with Gasteiger partial charge in [0.25, 0.3) is 0 Å². The normalized spacial score (nSPS) is 22.7. The van der Waals surface area contributed by atoms with Crippen molar-refractivity contribution in [2.45, 2.75) is 38.5 Å². The van der Waals surface area contributed by atoms with Gasteiger partial charge in [-0.05, 0) is 12.0 Å². The average Bonchev–Trinajstić information content (AvgIpc) is 3.39. The minimum atomic E-state index is 0.247. The fraction of sp³-hybridized carbons (Fsp3) is 0.545. The molecular weight excluding hydrogens is 382 g/mol. The van der Waals surface area contributed by atoms with Gasteiger partial charge in [0.1, 0.15) is 0 Å². The fourth-order valence-corrected chi connectivity index (χ4v) is 4.99. The van der Waals surface area contributed by atoms with Gasteiger partial charge in [-0.15, -0.1) is 11.3 Å². The summed E-state index contributed by atoms with van der Waals surface area (Å²) >= 11 is 1.75. The second-order valence-corrected chi connectivity index (χ2v) is 8.59. The Bertz CT molecular complexity index is 809. The van der Waals surface area contributed by atoms with Gasteiger partial charge in [-0.1, -0.05) is 37.3 Å². The number of likely N-dealkylation sites (tertiary alicyclic amines) is 1. The molecule has 2 aliphatic heterocycles. The summed E-state index contributed by atoms with van der Waals surface area (Å²) in [7, 11) is 1.87. The van der Waals surface area contributed by atoms with Gasteiger partial charge in [-0.3, -0.25) is 9.89 Å². The summed E-state index contributed by atoms with van der Waals surface area (Å²) in [6.45, 7) is 7.62. The van der Waals surface area contributed by atoms with E-state index >= 15 is 0 Å². The molecule has 6 nitrogen and oxygen atoms in total. The number of benzene rings is 1. The molecule has 29 heavy (non-hydrogen) atoms. The maximum absolute atomic E-state index is 6.11. The van der Waals surface area contributed by atoms with Crippen molar-refractivity contribution in [3.63, 3.8) is 0 Å². The van der Waals surface area contributed by atoms with Crippen molar-refractivity contribution in [1.82, 2.24) is 20.1 Å². The standard InChI is InChI=1S/C22H31N5OS/c1-3-21-25-18(16-29-21)9-10-24-22(23-2)27-14-19-20(15-27)28-12-11-26(19)13-17-7-5-4-6-8-17/h4-8,16,19-20H,3,9-15H2,1-2H3,(H,23,24). The lowest BCUT2D eigenvalue weighted by atomic mass is 10.1. The van der Waals surface area contributed by atoms with Crippen LogP contribution in [0.3, 0.4) is 0 Å². The number of hydrogen-bond donors (Lipinski definition) is 1. The van der Waals surface area contributed by atoms with Crippen LogP contribution in [0.5, 0.6) is 0 Å². The molecule has 0 radical (unpaired) electrons. The average molecular weight is 414 g/mol. The molecule has 156 valence electrons. The quantitative estimate of drug-likeness (QED) is 0.582. The Kier molecular flexibility index (Phi) is 6.79. The molecule has 0 bridgehead atoms. The molecule has 7 heteroatoms. The summed E-state index contributed by atoms with van der Waals surface area (Å²) in [5.74, 6) is 0.966. The van der Waals surface area contributed by atoms with E-state index in [0.717, 1.165) is 58.1 Å². The van der Waals surface area contributed by atoms with Gasteiger partial charge in [0.15, 0.2) is 5.96 Å². The van der Waals surface area contributed by atoms with Crippen LogP contribution in [-0.4, -0.2) is 72.7 Å². The third kappa shape index (κ3) is 4.97. The summed E-state index contributed by atoms with van der Waals surface area (Å²) in [5, 5.41) is 6.91. The number of aliphatic imine (C=N–C) groups is 1. The lowest BCUT2D eigenvalue weighted by molar-refractivity contribution is -0.0502. The van der Waals surface area contributed by atoms with Gasteiger partial charge in [-0.25, -0.2) is 4.98 Å². The zero-order valence-corrected chi connectivity index (χ0v) is 18.2. The Labute approximate surface area is 177 Å². The number of aromatic nitrogens is 1. The second-order valence-electron chi connectivity index (χ2n) is 7.65. The van der Waals surface area contributed by atoms with Crippen LogP contribution in [0, 0.1) is 0 Å². The van der Waals surface area contributed by atoms with Crippen LogP contribution in [0.2, 0.25) is 0 Å². The van der Waals surface area contributed by atoms with Gasteiger partial charge in [0.2, 0.25) is 0 Å². The van der Waals surface area contributed by atoms with Crippen molar-refractivity contribution in [3.8, 4) is 0 Å². The van der Waals surface area contributed by atoms with Crippen molar-refractivity contribution in [2.24, 2.45) is 4.99 Å². The first kappa shape index (κ1) is 20.3. The number of morpholine rings is 1. The van der Waals surface area contributed by atoms with Crippen LogP contribution in [0.25, 0.3) is 0 Å². The highest BCUT2D eigenvalue weighted by molar-refractivity contribution is 7.09. The van der Waals surface area contributed by atoms with E-state index in [-0.39, 0.29) is 6.10 Å². The molecule has 2 unspecified atom stereocenters. The molecule has 0 amide bonds. The Balaban J connectivity index is 1.32. The third-order valence-electron chi connectivity index (χ3n) is 5.72. The van der Waals surface area contributed by atoms with Crippen molar-refractivity contribution in [3.05, 3.63) is 52.0 Å². The molecule has 2 atom stereocenters. The Morgan fingerprint density at radius 2 is 2.17 bits per heavy atom. The first-order chi connectivity index (χ1) is 14.3. The summed E-state index contributed by atoms with van der Waals surface area (Å²) in [4.78, 5) is 14.1. The van der Waals surface area contributed by atoms with E-state index in [1.165, 1.54) is 16.3 Å². The maximum Gasteiger partial charge on any atom is 0.193 e. The van der Waals surface area contributed by atoms with Crippen molar-refractivity contribution in [1.29, 1.82) is 0 Å². The molecule has 2 aromatic rings. The van der Waals surface area contributed by atoms with Crippen LogP contribution in [-0.2, 0) is 24.1 Å². The van der Waals surface area contributed by atoms with Crippen LogP contribution >= 0.6 is 11.3 Å². The number of thiazole rings is 1. The van der Waals surface area contributed by atoms with E-state index in [1.54, 1.807) is 11.3 Å². The SMILES string of the molecule is CCc1nc(CCNC(=NC)N2CC3OCCN(Cc4ccccc4)C3C2)cs1. The molecule has 1 aromatic carbocycles. The number of fused-ring (bicyclic) bond motifs is 1. The smallest absolute Gasteiger partial charge is 0.193 e. The molecule has 4 rings (SSSR count). The highest BCUT2D eigenvalue weighted by atomic mass is 32.1. The first-order valence-electron chi connectivity index (χ1n) is 10.5. The number of guanidine groups is 1. The summed E-state index contributed by atoms with van der Waals surface area (Å²) in [6, 6.07) is 11.1. The Morgan fingerprint density at radius 1 is 1.31 bits per heavy atom. The predicted octanol–water partition coefficient (Wildman–Crippen LogP) is 2.41. The van der Waals surface area contributed by atoms with E-state index in [0.29, 0.717) is 6.04 Å². The highest BCUT2D eigenvalue weighted by Crippen LogP contribution is 2.24. The molecule has 1 aromatic heterocycles. The van der Waals surface area contributed by atoms with Crippen molar-refractivity contribution < 1.29 is 4.74 Å². The molecule has 1 N–H and O–H groups in total. The van der Waals surface area contributed by atoms with Gasteiger partial charge in [-0.2, -0.15) is 0 Å². The topological polar surface area (TPSA) is 53.0 Å². The summed E-state index contributed by atoms with van der Waals surface area (Å²) < 4.78 is 6.11. The van der Waals surface area contributed by atoms with Crippen LogP contribution in [0.4, 0.5) is 0 Å². The van der Waals surface area contributed by atoms with Gasteiger partial charge < -0.3 is 15.0 Å². The van der Waals surface area contributed by atoms with E-state index < -0.39 is 0 Å². The summed E-state index contributed by atoms with van der Waals surface area (Å²) in [6.07, 6.45) is 2.18. The van der Waals surface area contributed by atoms with E-state index in [2.05, 4.69) is 67.7 Å². The molecule has 0 saturated carbocycles. The minimum Gasteiger partial charge on any atom is -0.373 e. The number of ether oxygens (including phenoxy) is 1. The number of nitrogens with zero attached hydrogens (tertiary/aromatic N) is 4. The zero-order valence-electron chi connectivity index (χ0n) is 17.4. The first-order valence-corrected chi connectivity index (χ1v) is 11.4. The largest absolute Gasteiger partial charge is 0.373 e. The van der Waals surface area contributed by atoms with Crippen molar-refractivity contribution in [2.75, 3.05) is 39.8 Å². The van der Waals surface area contributed by atoms with Gasteiger partial charge >= 0.3 is 0 Å². The Morgan fingerprint density at radius 3 is 2.93 bits per heavy atom. The number of hydrogen-bond acceptors (Lipinski definition) is 5. The lowest BCUT2D eigenvalue weighted by Crippen LogP contribution is -2.50. The Hall–Kier alpha value is -1.96. The monoisotopic (exact) mass is 413 g/mol. The van der Waals surface area contributed by atoms with Crippen molar-refractivity contribution >= 4 is 17.3 Å². The van der Waals surface area contributed by atoms with Gasteiger partial charge in [0.05, 0.1) is 29.5 Å². The molecular formula is C22H31N5OS. The van der Waals surface area contributed by atoms with Gasteiger partial charge in [0, 0.05) is 51.6 Å². The van der Waals surface area contributed by atoms with E-state index in [1.807, 2.05) is 7.05 Å². The maximum atomic E-state index is 6.11. The molecule has 3 heterocycles.